The Balaban J connectivity index is 1.45. The molecular formula is C27H24N2O7. The fourth-order valence-corrected chi connectivity index (χ4v) is 4.39. The number of hydrogen-bond acceptors (Lipinski definition) is 7. The Morgan fingerprint density at radius 3 is 2.22 bits per heavy atom. The van der Waals surface area contributed by atoms with E-state index in [1.165, 1.54) is 4.57 Å². The predicted molar refractivity (Wildman–Crippen MR) is 129 cm³/mol. The normalized spacial score (nSPS) is 20.2. The van der Waals surface area contributed by atoms with Crippen LogP contribution in [0.25, 0.3) is 11.0 Å². The third-order valence-corrected chi connectivity index (χ3v) is 6.11. The Bertz CT molecular complexity index is 1410. The number of carbonyl (C=O) groups excluding carboxylic acids is 2. The molecule has 0 radical (unpaired) electrons. The number of nitrogens with zero attached hydrogens (tertiary/aromatic N) is 1. The molecule has 1 aliphatic heterocycles. The molecule has 1 aliphatic rings. The lowest BCUT2D eigenvalue weighted by molar-refractivity contribution is -0.104. The number of aliphatic hydroxyl groups is 1. The molecule has 4 aromatic rings. The maximum atomic E-state index is 12.9. The van der Waals surface area contributed by atoms with Crippen LogP contribution < -0.4 is 5.69 Å². The average Bonchev–Trinajstić information content (AvgIpc) is 3.47. The lowest BCUT2D eigenvalue weighted by Crippen LogP contribution is -2.42. The number of aromatic nitrogens is 2. The van der Waals surface area contributed by atoms with Gasteiger partial charge in [-0.1, -0.05) is 48.5 Å². The van der Waals surface area contributed by atoms with Crippen molar-refractivity contribution in [3.8, 4) is 0 Å². The number of imidazole rings is 1. The number of ether oxygens (including phenoxy) is 3. The summed E-state index contributed by atoms with van der Waals surface area (Å²) >= 11 is 0. The maximum Gasteiger partial charge on any atom is 0.338 e. The summed E-state index contributed by atoms with van der Waals surface area (Å²) < 4.78 is 18.9. The second-order valence-corrected chi connectivity index (χ2v) is 8.41. The van der Waals surface area contributed by atoms with Crippen molar-refractivity contribution in [2.45, 2.75) is 31.0 Å². The van der Waals surface area contributed by atoms with Crippen molar-refractivity contribution in [2.75, 3.05) is 6.61 Å². The first-order valence-electron chi connectivity index (χ1n) is 11.5. The first-order valence-corrected chi connectivity index (χ1v) is 11.5. The minimum atomic E-state index is -1.14. The van der Waals surface area contributed by atoms with Crippen LogP contribution in [0.1, 0.15) is 33.4 Å². The molecule has 9 heteroatoms. The average molecular weight is 488 g/mol. The van der Waals surface area contributed by atoms with E-state index >= 15 is 0 Å². The standard InChI is InChI=1S/C27H24N2O7/c30-16-22(35-26(32)18-11-5-2-6-12-18)24-21(34-25(31)17-9-3-1-4-10-17)15-23(36-24)29-20-14-8-7-13-19(20)28-27(29)33/h1-14,21-24,30H,15-16H2,(H,28,33)/t21-,22-,23-,24+/m1/s1. The van der Waals surface area contributed by atoms with Crippen LogP contribution in [0.2, 0.25) is 0 Å². The van der Waals surface area contributed by atoms with Crippen LogP contribution in [0.15, 0.2) is 89.7 Å². The van der Waals surface area contributed by atoms with Gasteiger partial charge in [0.1, 0.15) is 18.4 Å². The number of carbonyl (C=O) groups is 2. The summed E-state index contributed by atoms with van der Waals surface area (Å²) in [7, 11) is 0. The van der Waals surface area contributed by atoms with E-state index in [-0.39, 0.29) is 6.42 Å². The number of fused-ring (bicyclic) bond motifs is 1. The fourth-order valence-electron chi connectivity index (χ4n) is 4.39. The number of aliphatic hydroxyl groups excluding tert-OH is 1. The van der Waals surface area contributed by atoms with E-state index in [1.54, 1.807) is 84.9 Å². The predicted octanol–water partition coefficient (Wildman–Crippen LogP) is 3.06. The Morgan fingerprint density at radius 1 is 0.944 bits per heavy atom. The first kappa shape index (κ1) is 23.5. The smallest absolute Gasteiger partial charge is 0.338 e. The van der Waals surface area contributed by atoms with Gasteiger partial charge < -0.3 is 24.3 Å². The molecule has 36 heavy (non-hydrogen) atoms. The fraction of sp³-hybridized carbons (Fsp3) is 0.222. The third-order valence-electron chi connectivity index (χ3n) is 6.11. The van der Waals surface area contributed by atoms with Crippen molar-refractivity contribution in [1.82, 2.24) is 9.55 Å². The molecule has 1 saturated heterocycles. The summed E-state index contributed by atoms with van der Waals surface area (Å²) in [6.07, 6.45) is -3.76. The van der Waals surface area contributed by atoms with Gasteiger partial charge in [-0.05, 0) is 36.4 Å². The van der Waals surface area contributed by atoms with Gasteiger partial charge in [-0.25, -0.2) is 14.4 Å². The van der Waals surface area contributed by atoms with Crippen molar-refractivity contribution >= 4 is 23.0 Å². The van der Waals surface area contributed by atoms with E-state index in [9.17, 15) is 19.5 Å². The van der Waals surface area contributed by atoms with Gasteiger partial charge in [0.2, 0.25) is 0 Å². The van der Waals surface area contributed by atoms with Crippen LogP contribution in [0.3, 0.4) is 0 Å². The zero-order valence-corrected chi connectivity index (χ0v) is 19.2. The molecule has 5 rings (SSSR count). The summed E-state index contributed by atoms with van der Waals surface area (Å²) in [6, 6.07) is 23.9. The van der Waals surface area contributed by atoms with Crippen molar-refractivity contribution < 1.29 is 28.9 Å². The molecule has 0 amide bonds. The molecule has 2 N–H and O–H groups in total. The second kappa shape index (κ2) is 10.2. The van der Waals surface area contributed by atoms with Crippen LogP contribution in [-0.4, -0.2) is 51.5 Å². The number of nitrogens with one attached hydrogen (secondary N) is 1. The minimum Gasteiger partial charge on any atom is -0.456 e. The van der Waals surface area contributed by atoms with Gasteiger partial charge in [0.25, 0.3) is 0 Å². The minimum absolute atomic E-state index is 0.115. The Hall–Kier alpha value is -4.21. The highest BCUT2D eigenvalue weighted by Crippen LogP contribution is 2.35. The number of hydrogen-bond donors (Lipinski definition) is 2. The van der Waals surface area contributed by atoms with Crippen LogP contribution in [0, 0.1) is 0 Å². The lowest BCUT2D eigenvalue weighted by atomic mass is 10.1. The van der Waals surface area contributed by atoms with Gasteiger partial charge in [-0.3, -0.25) is 4.57 Å². The van der Waals surface area contributed by atoms with E-state index < -0.39 is 48.8 Å². The zero-order chi connectivity index (χ0) is 25.1. The molecule has 1 aromatic heterocycles. The molecule has 3 aromatic carbocycles. The van der Waals surface area contributed by atoms with Crippen LogP contribution in [-0.2, 0) is 14.2 Å². The molecule has 0 saturated carbocycles. The number of benzene rings is 3. The molecule has 0 aliphatic carbocycles. The number of aromatic amines is 1. The van der Waals surface area contributed by atoms with Gasteiger partial charge in [-0.15, -0.1) is 0 Å². The van der Waals surface area contributed by atoms with E-state index in [2.05, 4.69) is 4.98 Å². The summed E-state index contributed by atoms with van der Waals surface area (Å²) in [5.74, 6) is -1.24. The first-order chi connectivity index (χ1) is 17.5. The Morgan fingerprint density at radius 2 is 1.56 bits per heavy atom. The molecule has 2 heterocycles. The summed E-state index contributed by atoms with van der Waals surface area (Å²) in [5, 5.41) is 10.1. The molecule has 1 fully saturated rings. The molecule has 0 bridgehead atoms. The highest BCUT2D eigenvalue weighted by atomic mass is 16.6. The summed E-state index contributed by atoms with van der Waals surface area (Å²) in [6.45, 7) is -0.571. The number of H-pyrrole nitrogens is 1. The summed E-state index contributed by atoms with van der Waals surface area (Å²) in [4.78, 5) is 41.1. The number of para-hydroxylation sites is 2. The van der Waals surface area contributed by atoms with Crippen molar-refractivity contribution in [3.05, 3.63) is 107 Å². The van der Waals surface area contributed by atoms with Crippen LogP contribution in [0.4, 0.5) is 0 Å². The highest BCUT2D eigenvalue weighted by molar-refractivity contribution is 5.90. The van der Waals surface area contributed by atoms with Gasteiger partial charge in [0.15, 0.2) is 6.10 Å². The molecule has 4 atom stereocenters. The Labute approximate surface area is 205 Å². The van der Waals surface area contributed by atoms with E-state index in [0.29, 0.717) is 22.2 Å². The van der Waals surface area contributed by atoms with Crippen molar-refractivity contribution in [1.29, 1.82) is 0 Å². The zero-order valence-electron chi connectivity index (χ0n) is 19.2. The quantitative estimate of drug-likeness (QED) is 0.384. The highest BCUT2D eigenvalue weighted by Gasteiger charge is 2.45. The lowest BCUT2D eigenvalue weighted by Gasteiger charge is -2.26. The second-order valence-electron chi connectivity index (χ2n) is 8.41. The molecule has 0 unspecified atom stereocenters. The topological polar surface area (TPSA) is 120 Å². The molecular weight excluding hydrogens is 464 g/mol. The molecule has 9 nitrogen and oxygen atoms in total. The third kappa shape index (κ3) is 4.66. The van der Waals surface area contributed by atoms with Gasteiger partial charge in [0.05, 0.1) is 28.8 Å². The number of rotatable bonds is 7. The largest absolute Gasteiger partial charge is 0.456 e. The maximum absolute atomic E-state index is 12.9. The van der Waals surface area contributed by atoms with Crippen LogP contribution in [0.5, 0.6) is 0 Å². The number of esters is 2. The van der Waals surface area contributed by atoms with Gasteiger partial charge in [0, 0.05) is 6.42 Å². The van der Waals surface area contributed by atoms with Gasteiger partial charge in [-0.2, -0.15) is 0 Å². The van der Waals surface area contributed by atoms with Gasteiger partial charge >= 0.3 is 17.6 Å². The van der Waals surface area contributed by atoms with Crippen molar-refractivity contribution in [3.63, 3.8) is 0 Å². The van der Waals surface area contributed by atoms with E-state index in [0.717, 1.165) is 0 Å². The SMILES string of the molecule is O=C(O[C@H](CO)[C@H]1O[C@@H](n2c(=O)[nH]c3ccccc32)C[C@H]1OC(=O)c1ccccc1)c1ccccc1. The van der Waals surface area contributed by atoms with Crippen molar-refractivity contribution in [2.24, 2.45) is 0 Å². The summed E-state index contributed by atoms with van der Waals surface area (Å²) in [5.41, 5.74) is 1.49. The van der Waals surface area contributed by atoms with E-state index in [4.69, 9.17) is 14.2 Å². The van der Waals surface area contributed by atoms with Crippen LogP contribution >= 0.6 is 0 Å². The molecule has 0 spiro atoms. The molecule has 184 valence electrons. The van der Waals surface area contributed by atoms with E-state index in [1.807, 2.05) is 0 Å². The monoisotopic (exact) mass is 488 g/mol. The Kier molecular flexibility index (Phi) is 6.66.